The van der Waals surface area contributed by atoms with Crippen molar-refractivity contribution >= 4 is 29.1 Å². The van der Waals surface area contributed by atoms with Crippen LogP contribution in [-0.4, -0.2) is 32.9 Å². The summed E-state index contributed by atoms with van der Waals surface area (Å²) in [5.41, 5.74) is 0.778. The number of pyridine rings is 1. The molecule has 2 rings (SSSR count). The van der Waals surface area contributed by atoms with Crippen molar-refractivity contribution in [2.75, 3.05) is 6.54 Å². The predicted octanol–water partition coefficient (Wildman–Crippen LogP) is 2.46. The van der Waals surface area contributed by atoms with Gasteiger partial charge in [0.15, 0.2) is 10.8 Å². The standard InChI is InChI=1S/C15H18ClN3O3/c1-9(2)7-10(15(21)22)8-17-14(20)12-13(16)18-11-5-3-4-6-19(11)12/h3-6,9-10H,7-8H2,1-2H3,(H,17,20)(H,21,22). The molecular weight excluding hydrogens is 306 g/mol. The average molecular weight is 324 g/mol. The highest BCUT2D eigenvalue weighted by Gasteiger charge is 2.22. The van der Waals surface area contributed by atoms with Gasteiger partial charge in [0, 0.05) is 12.7 Å². The topological polar surface area (TPSA) is 83.7 Å². The van der Waals surface area contributed by atoms with Crippen LogP contribution in [-0.2, 0) is 4.79 Å². The van der Waals surface area contributed by atoms with Crippen molar-refractivity contribution < 1.29 is 14.7 Å². The Morgan fingerprint density at radius 1 is 1.41 bits per heavy atom. The van der Waals surface area contributed by atoms with Crippen LogP contribution in [0.5, 0.6) is 0 Å². The number of aromatic nitrogens is 2. The number of carbonyl (C=O) groups is 2. The molecule has 7 heteroatoms. The molecule has 2 aromatic rings. The summed E-state index contributed by atoms with van der Waals surface area (Å²) in [5.74, 6) is -1.74. The number of aliphatic carboxylic acids is 1. The molecule has 0 saturated heterocycles. The summed E-state index contributed by atoms with van der Waals surface area (Å²) in [4.78, 5) is 27.6. The molecule has 0 aliphatic rings. The van der Waals surface area contributed by atoms with E-state index in [-0.39, 0.29) is 23.3 Å². The maximum absolute atomic E-state index is 12.3. The van der Waals surface area contributed by atoms with Crippen molar-refractivity contribution in [2.45, 2.75) is 20.3 Å². The Morgan fingerprint density at radius 2 is 2.14 bits per heavy atom. The first-order valence-electron chi connectivity index (χ1n) is 7.03. The molecule has 1 amide bonds. The lowest BCUT2D eigenvalue weighted by Gasteiger charge is -2.15. The second-order valence-electron chi connectivity index (χ2n) is 5.55. The van der Waals surface area contributed by atoms with E-state index in [9.17, 15) is 14.7 Å². The third-order valence-corrected chi connectivity index (χ3v) is 3.58. The Hall–Kier alpha value is -2.08. The number of imidazole rings is 1. The van der Waals surface area contributed by atoms with Gasteiger partial charge in [0.2, 0.25) is 0 Å². The summed E-state index contributed by atoms with van der Waals surface area (Å²) >= 11 is 6.02. The summed E-state index contributed by atoms with van der Waals surface area (Å²) in [7, 11) is 0. The fraction of sp³-hybridized carbons (Fsp3) is 0.400. The molecule has 0 saturated carbocycles. The summed E-state index contributed by atoms with van der Waals surface area (Å²) in [6, 6.07) is 5.30. The van der Waals surface area contributed by atoms with Crippen LogP contribution in [0.3, 0.4) is 0 Å². The Labute approximate surface area is 133 Å². The Morgan fingerprint density at radius 3 is 2.77 bits per heavy atom. The van der Waals surface area contributed by atoms with E-state index in [0.29, 0.717) is 12.1 Å². The number of hydrogen-bond donors (Lipinski definition) is 2. The maximum atomic E-state index is 12.3. The quantitative estimate of drug-likeness (QED) is 0.855. The van der Waals surface area contributed by atoms with Crippen molar-refractivity contribution in [1.82, 2.24) is 14.7 Å². The molecule has 0 radical (unpaired) electrons. The molecule has 0 fully saturated rings. The zero-order chi connectivity index (χ0) is 16.3. The molecule has 22 heavy (non-hydrogen) atoms. The molecular formula is C15H18ClN3O3. The smallest absolute Gasteiger partial charge is 0.308 e. The van der Waals surface area contributed by atoms with Gasteiger partial charge in [0.25, 0.3) is 5.91 Å². The zero-order valence-corrected chi connectivity index (χ0v) is 13.2. The molecule has 118 valence electrons. The van der Waals surface area contributed by atoms with Crippen molar-refractivity contribution in [3.63, 3.8) is 0 Å². The number of carbonyl (C=O) groups excluding carboxylic acids is 1. The van der Waals surface area contributed by atoms with E-state index in [2.05, 4.69) is 10.3 Å². The molecule has 2 aromatic heterocycles. The largest absolute Gasteiger partial charge is 0.481 e. The second kappa shape index (κ2) is 6.79. The number of nitrogens with zero attached hydrogens (tertiary/aromatic N) is 2. The number of carboxylic acid groups (broad SMARTS) is 1. The number of hydrogen-bond acceptors (Lipinski definition) is 3. The summed E-state index contributed by atoms with van der Waals surface area (Å²) in [5, 5.41) is 11.9. The van der Waals surface area contributed by atoms with Gasteiger partial charge in [-0.1, -0.05) is 31.5 Å². The Balaban J connectivity index is 2.14. The number of fused-ring (bicyclic) bond motifs is 1. The SMILES string of the molecule is CC(C)CC(CNC(=O)c1c(Cl)nc2ccccn12)C(=O)O. The molecule has 6 nitrogen and oxygen atoms in total. The van der Waals surface area contributed by atoms with Crippen LogP contribution in [0.4, 0.5) is 0 Å². The van der Waals surface area contributed by atoms with E-state index in [1.165, 1.54) is 0 Å². The number of nitrogens with one attached hydrogen (secondary N) is 1. The lowest BCUT2D eigenvalue weighted by atomic mass is 9.97. The van der Waals surface area contributed by atoms with Crippen molar-refractivity contribution in [2.24, 2.45) is 11.8 Å². The summed E-state index contributed by atoms with van der Waals surface area (Å²) in [6.45, 7) is 3.95. The molecule has 0 aliphatic heterocycles. The fourth-order valence-corrected chi connectivity index (χ4v) is 2.57. The highest BCUT2D eigenvalue weighted by atomic mass is 35.5. The van der Waals surface area contributed by atoms with Gasteiger partial charge in [-0.25, -0.2) is 4.98 Å². The van der Waals surface area contributed by atoms with Gasteiger partial charge in [-0.05, 0) is 24.5 Å². The maximum Gasteiger partial charge on any atom is 0.308 e. The number of rotatable bonds is 6. The van der Waals surface area contributed by atoms with Gasteiger partial charge < -0.3 is 10.4 Å². The Kier molecular flexibility index (Phi) is 5.03. The molecule has 0 bridgehead atoms. The molecule has 1 unspecified atom stereocenters. The monoisotopic (exact) mass is 323 g/mol. The van der Waals surface area contributed by atoms with Crippen molar-refractivity contribution in [3.05, 3.63) is 35.2 Å². The number of amides is 1. The third-order valence-electron chi connectivity index (χ3n) is 3.32. The average Bonchev–Trinajstić information content (AvgIpc) is 2.78. The van der Waals surface area contributed by atoms with E-state index in [1.54, 1.807) is 28.8 Å². The van der Waals surface area contributed by atoms with Gasteiger partial charge in [0.1, 0.15) is 5.65 Å². The van der Waals surface area contributed by atoms with Gasteiger partial charge in [-0.15, -0.1) is 0 Å². The van der Waals surface area contributed by atoms with Crippen LogP contribution in [0.15, 0.2) is 24.4 Å². The van der Waals surface area contributed by atoms with Crippen molar-refractivity contribution in [1.29, 1.82) is 0 Å². The fourth-order valence-electron chi connectivity index (χ4n) is 2.31. The predicted molar refractivity (Wildman–Crippen MR) is 83.1 cm³/mol. The minimum Gasteiger partial charge on any atom is -0.481 e. The Bertz CT molecular complexity index is 696. The lowest BCUT2D eigenvalue weighted by Crippen LogP contribution is -2.34. The highest BCUT2D eigenvalue weighted by Crippen LogP contribution is 2.18. The van der Waals surface area contributed by atoms with Crippen molar-refractivity contribution in [3.8, 4) is 0 Å². The van der Waals surface area contributed by atoms with Gasteiger partial charge in [0.05, 0.1) is 5.92 Å². The number of carboxylic acids is 1. The van der Waals surface area contributed by atoms with Crippen LogP contribution < -0.4 is 5.32 Å². The van der Waals surface area contributed by atoms with Crippen LogP contribution in [0.2, 0.25) is 5.15 Å². The minimum atomic E-state index is -0.918. The molecule has 0 aromatic carbocycles. The minimum absolute atomic E-state index is 0.0583. The van der Waals surface area contributed by atoms with Gasteiger partial charge in [-0.2, -0.15) is 0 Å². The van der Waals surface area contributed by atoms with E-state index >= 15 is 0 Å². The normalized spacial score (nSPS) is 12.5. The molecule has 2 N–H and O–H groups in total. The van der Waals surface area contributed by atoms with Crippen LogP contribution in [0, 0.1) is 11.8 Å². The van der Waals surface area contributed by atoms with E-state index in [1.807, 2.05) is 13.8 Å². The van der Waals surface area contributed by atoms with E-state index in [0.717, 1.165) is 0 Å². The lowest BCUT2D eigenvalue weighted by molar-refractivity contribution is -0.142. The highest BCUT2D eigenvalue weighted by molar-refractivity contribution is 6.32. The summed E-state index contributed by atoms with van der Waals surface area (Å²) < 4.78 is 1.58. The first-order valence-corrected chi connectivity index (χ1v) is 7.41. The first kappa shape index (κ1) is 16.3. The molecule has 0 spiro atoms. The first-order chi connectivity index (χ1) is 10.4. The van der Waals surface area contributed by atoms with Crippen LogP contribution >= 0.6 is 11.6 Å². The van der Waals surface area contributed by atoms with Crippen LogP contribution in [0.1, 0.15) is 30.8 Å². The van der Waals surface area contributed by atoms with Crippen LogP contribution in [0.25, 0.3) is 5.65 Å². The van der Waals surface area contributed by atoms with E-state index in [4.69, 9.17) is 11.6 Å². The second-order valence-corrected chi connectivity index (χ2v) is 5.91. The molecule has 0 aliphatic carbocycles. The zero-order valence-electron chi connectivity index (χ0n) is 12.4. The molecule has 1 atom stereocenters. The third kappa shape index (κ3) is 3.57. The number of halogens is 1. The summed E-state index contributed by atoms with van der Waals surface area (Å²) in [6.07, 6.45) is 2.18. The molecule has 2 heterocycles. The van der Waals surface area contributed by atoms with E-state index < -0.39 is 17.8 Å². The van der Waals surface area contributed by atoms with Gasteiger partial charge in [-0.3, -0.25) is 14.0 Å². The van der Waals surface area contributed by atoms with Gasteiger partial charge >= 0.3 is 5.97 Å².